The summed E-state index contributed by atoms with van der Waals surface area (Å²) in [6.07, 6.45) is 1.12. The zero-order chi connectivity index (χ0) is 13.1. The minimum absolute atomic E-state index is 0.621. The number of hydrogen-bond donors (Lipinski definition) is 0. The molecule has 0 rings (SSSR count). The Bertz CT molecular complexity index is 173. The molecule has 0 aromatic rings. The quantitative estimate of drug-likeness (QED) is 0.387. The van der Waals surface area contributed by atoms with E-state index in [0.717, 1.165) is 26.1 Å². The number of hydroxylamine groups is 4. The first-order valence-corrected chi connectivity index (χ1v) is 6.23. The molecule has 0 heterocycles. The molecular weight excluding hydrogens is 238 g/mol. The molecule has 6 nitrogen and oxygen atoms in total. The highest BCUT2D eigenvalue weighted by Gasteiger charge is 2.08. The molecule has 0 saturated heterocycles. The smallest absolute Gasteiger partial charge is 0.143 e. The molecule has 3 radical (unpaired) electrons. The largest absolute Gasteiger partial charge is 0.325 e. The van der Waals surface area contributed by atoms with Gasteiger partial charge in [0.15, 0.2) is 0 Å². The van der Waals surface area contributed by atoms with Crippen LogP contribution in [0.2, 0.25) is 0 Å². The SMILES string of the molecule is CCCN([Si])CCN(CCN(OC)OC)OC. The van der Waals surface area contributed by atoms with Crippen LogP contribution in [0.25, 0.3) is 0 Å². The standard InChI is InChI=1S/C10H24N3O3Si/c1-5-6-12(17)9-7-11(14-2)8-10-13(15-3)16-4/h5-10H2,1-4H3. The first-order valence-electron chi connectivity index (χ1n) is 5.78. The molecule has 0 aromatic carbocycles. The highest BCUT2D eigenvalue weighted by molar-refractivity contribution is 6.04. The second kappa shape index (κ2) is 11.1. The van der Waals surface area contributed by atoms with Gasteiger partial charge in [0, 0.05) is 19.6 Å². The summed E-state index contributed by atoms with van der Waals surface area (Å²) in [6.45, 7) is 6.23. The van der Waals surface area contributed by atoms with Gasteiger partial charge in [0.25, 0.3) is 0 Å². The highest BCUT2D eigenvalue weighted by atomic mass is 28.2. The fraction of sp³-hybridized carbons (Fsp3) is 1.00. The maximum atomic E-state index is 5.27. The Hall–Kier alpha value is -0.0231. The Morgan fingerprint density at radius 3 is 1.88 bits per heavy atom. The van der Waals surface area contributed by atoms with E-state index in [0.29, 0.717) is 13.1 Å². The van der Waals surface area contributed by atoms with E-state index >= 15 is 0 Å². The van der Waals surface area contributed by atoms with Crippen molar-refractivity contribution in [3.63, 3.8) is 0 Å². The summed E-state index contributed by atoms with van der Waals surface area (Å²) in [5, 5.41) is 3.28. The van der Waals surface area contributed by atoms with Gasteiger partial charge in [-0.1, -0.05) is 12.2 Å². The Morgan fingerprint density at radius 1 is 0.824 bits per heavy atom. The van der Waals surface area contributed by atoms with Gasteiger partial charge >= 0.3 is 0 Å². The van der Waals surface area contributed by atoms with Crippen molar-refractivity contribution in [2.24, 2.45) is 0 Å². The summed E-state index contributed by atoms with van der Waals surface area (Å²) in [4.78, 5) is 15.2. The van der Waals surface area contributed by atoms with Crippen LogP contribution in [0.1, 0.15) is 13.3 Å². The van der Waals surface area contributed by atoms with Gasteiger partial charge in [-0.2, -0.15) is 5.06 Å². The maximum absolute atomic E-state index is 5.27. The van der Waals surface area contributed by atoms with Crippen molar-refractivity contribution in [2.75, 3.05) is 54.1 Å². The monoisotopic (exact) mass is 262 g/mol. The fourth-order valence-corrected chi connectivity index (χ4v) is 1.68. The molecule has 0 saturated carbocycles. The molecule has 0 bridgehead atoms. The van der Waals surface area contributed by atoms with Gasteiger partial charge in [0.2, 0.25) is 0 Å². The summed E-state index contributed by atoms with van der Waals surface area (Å²) in [5.41, 5.74) is 0. The van der Waals surface area contributed by atoms with Gasteiger partial charge in [-0.3, -0.25) is 9.68 Å². The van der Waals surface area contributed by atoms with E-state index in [4.69, 9.17) is 14.5 Å². The number of rotatable bonds is 11. The van der Waals surface area contributed by atoms with Gasteiger partial charge in [-0.25, -0.2) is 0 Å². The van der Waals surface area contributed by atoms with Crippen LogP contribution in [0, 0.1) is 0 Å². The molecule has 0 aromatic heterocycles. The summed E-state index contributed by atoms with van der Waals surface area (Å²) >= 11 is 0. The van der Waals surface area contributed by atoms with Crippen molar-refractivity contribution in [3.05, 3.63) is 0 Å². The molecule has 0 aliphatic carbocycles. The van der Waals surface area contributed by atoms with Gasteiger partial charge in [-0.15, -0.1) is 0 Å². The Labute approximate surface area is 108 Å². The molecule has 0 fully saturated rings. The predicted molar refractivity (Wildman–Crippen MR) is 66.9 cm³/mol. The lowest BCUT2D eigenvalue weighted by Crippen LogP contribution is -2.38. The topological polar surface area (TPSA) is 37.4 Å². The molecule has 101 valence electrons. The van der Waals surface area contributed by atoms with Crippen LogP contribution in [-0.2, 0) is 14.5 Å². The second-order valence-electron chi connectivity index (χ2n) is 3.52. The first-order chi connectivity index (χ1) is 8.17. The van der Waals surface area contributed by atoms with E-state index in [2.05, 4.69) is 21.9 Å². The lowest BCUT2D eigenvalue weighted by Gasteiger charge is -2.25. The molecule has 0 N–H and O–H groups in total. The lowest BCUT2D eigenvalue weighted by molar-refractivity contribution is -0.346. The van der Waals surface area contributed by atoms with Gasteiger partial charge in [0.05, 0.1) is 27.9 Å². The summed E-state index contributed by atoms with van der Waals surface area (Å²) in [6, 6.07) is 0. The molecule has 0 aliphatic heterocycles. The third-order valence-corrected chi connectivity index (χ3v) is 2.76. The Kier molecular flexibility index (Phi) is 11.1. The van der Waals surface area contributed by atoms with E-state index in [1.165, 1.54) is 5.23 Å². The van der Waals surface area contributed by atoms with Gasteiger partial charge in [-0.05, 0) is 13.0 Å². The molecule has 0 unspecified atom stereocenters. The third-order valence-electron chi connectivity index (χ3n) is 2.31. The van der Waals surface area contributed by atoms with Gasteiger partial charge < -0.3 is 9.40 Å². The molecule has 0 atom stereocenters. The van der Waals surface area contributed by atoms with Crippen molar-refractivity contribution in [1.29, 1.82) is 0 Å². The van der Waals surface area contributed by atoms with E-state index in [9.17, 15) is 0 Å². The van der Waals surface area contributed by atoms with Crippen molar-refractivity contribution in [1.82, 2.24) is 14.9 Å². The number of hydrogen-bond acceptors (Lipinski definition) is 6. The first kappa shape index (κ1) is 17.0. The number of nitrogens with zero attached hydrogens (tertiary/aromatic N) is 3. The van der Waals surface area contributed by atoms with Crippen LogP contribution < -0.4 is 0 Å². The van der Waals surface area contributed by atoms with E-state index < -0.39 is 0 Å². The summed E-state index contributed by atoms with van der Waals surface area (Å²) < 4.78 is 2.09. The van der Waals surface area contributed by atoms with Crippen molar-refractivity contribution in [2.45, 2.75) is 13.3 Å². The molecule has 0 amide bonds. The summed E-state index contributed by atoms with van der Waals surface area (Å²) in [5.74, 6) is 0. The minimum Gasteiger partial charge on any atom is -0.325 e. The summed E-state index contributed by atoms with van der Waals surface area (Å²) in [7, 11) is 8.36. The second-order valence-corrected chi connectivity index (χ2v) is 4.15. The maximum Gasteiger partial charge on any atom is 0.143 e. The molecule has 7 heteroatoms. The van der Waals surface area contributed by atoms with Crippen LogP contribution in [0.15, 0.2) is 0 Å². The van der Waals surface area contributed by atoms with E-state index in [1.807, 2.05) is 5.06 Å². The third kappa shape index (κ3) is 8.67. The Balaban J connectivity index is 3.75. The van der Waals surface area contributed by atoms with Crippen molar-refractivity contribution < 1.29 is 14.5 Å². The normalized spacial score (nSPS) is 12.0. The average Bonchev–Trinajstić information content (AvgIpc) is 2.34. The van der Waals surface area contributed by atoms with Crippen LogP contribution in [0.3, 0.4) is 0 Å². The average molecular weight is 262 g/mol. The highest BCUT2D eigenvalue weighted by Crippen LogP contribution is 1.94. The van der Waals surface area contributed by atoms with Crippen molar-refractivity contribution >= 4 is 10.4 Å². The van der Waals surface area contributed by atoms with Crippen LogP contribution in [0.4, 0.5) is 0 Å². The molecule has 0 spiro atoms. The Morgan fingerprint density at radius 2 is 1.41 bits per heavy atom. The van der Waals surface area contributed by atoms with Crippen molar-refractivity contribution in [3.8, 4) is 0 Å². The molecular formula is C10H24N3O3Si. The van der Waals surface area contributed by atoms with Crippen LogP contribution >= 0.6 is 0 Å². The minimum atomic E-state index is 0.621. The van der Waals surface area contributed by atoms with Gasteiger partial charge in [0.1, 0.15) is 10.4 Å². The molecule has 0 aliphatic rings. The van der Waals surface area contributed by atoms with Crippen LogP contribution in [0.5, 0.6) is 0 Å². The lowest BCUT2D eigenvalue weighted by atomic mass is 10.4. The zero-order valence-electron chi connectivity index (χ0n) is 11.3. The predicted octanol–water partition coefficient (Wildman–Crippen LogP) is 0.0701. The van der Waals surface area contributed by atoms with E-state index in [1.54, 1.807) is 21.3 Å². The van der Waals surface area contributed by atoms with E-state index in [-0.39, 0.29) is 0 Å². The zero-order valence-corrected chi connectivity index (χ0v) is 12.3. The van der Waals surface area contributed by atoms with Crippen LogP contribution in [-0.4, -0.2) is 79.3 Å². The molecule has 17 heavy (non-hydrogen) atoms. The fourth-order valence-electron chi connectivity index (χ4n) is 1.36.